The highest BCUT2D eigenvalue weighted by molar-refractivity contribution is 6.37. The largest absolute Gasteiger partial charge is 0.497 e. The Morgan fingerprint density at radius 3 is 2.24 bits per heavy atom. The summed E-state index contributed by atoms with van der Waals surface area (Å²) < 4.78 is 21.9. The first-order valence-corrected chi connectivity index (χ1v) is 12.1. The van der Waals surface area contributed by atoms with Crippen molar-refractivity contribution in [1.82, 2.24) is 0 Å². The summed E-state index contributed by atoms with van der Waals surface area (Å²) in [6, 6.07) is 19.6. The summed E-state index contributed by atoms with van der Waals surface area (Å²) in [5.74, 6) is 1.18. The molecule has 0 heterocycles. The number of hydrogen-bond donors (Lipinski definition) is 1. The Kier molecular flexibility index (Phi) is 10.7. The highest BCUT2D eigenvalue weighted by Gasteiger charge is 2.13. The maximum Gasteiger partial charge on any atom is 0.266 e. The second-order valence-corrected chi connectivity index (χ2v) is 8.61. The molecule has 0 unspecified atom stereocenters. The minimum absolute atomic E-state index is 0.113. The fraction of sp³-hybridized carbons (Fsp3) is 0.214. The van der Waals surface area contributed by atoms with Crippen molar-refractivity contribution in [3.8, 4) is 23.3 Å². The monoisotopic (exact) mass is 540 g/mol. The Balaban J connectivity index is 1.50. The predicted molar refractivity (Wildman–Crippen MR) is 145 cm³/mol. The molecular formula is C28H26Cl2N2O5. The zero-order valence-electron chi connectivity index (χ0n) is 20.4. The van der Waals surface area contributed by atoms with Crippen LogP contribution in [0.15, 0.2) is 66.2 Å². The maximum atomic E-state index is 12.5. The van der Waals surface area contributed by atoms with Gasteiger partial charge in [-0.2, -0.15) is 5.26 Å². The number of ether oxygens (including phenoxy) is 4. The molecule has 3 rings (SSSR count). The molecule has 0 fully saturated rings. The van der Waals surface area contributed by atoms with E-state index in [9.17, 15) is 10.1 Å². The zero-order chi connectivity index (χ0) is 26.6. The van der Waals surface area contributed by atoms with Crippen LogP contribution in [0.1, 0.15) is 11.1 Å². The van der Waals surface area contributed by atoms with E-state index < -0.39 is 5.91 Å². The van der Waals surface area contributed by atoms with E-state index in [4.69, 9.17) is 42.1 Å². The van der Waals surface area contributed by atoms with E-state index >= 15 is 0 Å². The number of nitriles is 1. The number of halogens is 2. The normalized spacial score (nSPS) is 10.9. The Morgan fingerprint density at radius 1 is 0.946 bits per heavy atom. The van der Waals surface area contributed by atoms with E-state index in [0.717, 1.165) is 11.3 Å². The van der Waals surface area contributed by atoms with Crippen LogP contribution in [0.5, 0.6) is 17.2 Å². The average molecular weight is 541 g/mol. The number of hydrogen-bond acceptors (Lipinski definition) is 6. The van der Waals surface area contributed by atoms with Gasteiger partial charge in [0, 0.05) is 5.69 Å². The van der Waals surface area contributed by atoms with E-state index in [0.29, 0.717) is 42.6 Å². The molecule has 0 bridgehead atoms. The quantitative estimate of drug-likeness (QED) is 0.164. The van der Waals surface area contributed by atoms with Gasteiger partial charge in [-0.3, -0.25) is 4.79 Å². The van der Waals surface area contributed by atoms with Crippen LogP contribution in [-0.2, 0) is 9.53 Å². The van der Waals surface area contributed by atoms with Crippen LogP contribution >= 0.6 is 23.2 Å². The van der Waals surface area contributed by atoms with Crippen molar-refractivity contribution in [1.29, 1.82) is 5.26 Å². The second kappa shape index (κ2) is 14.1. The van der Waals surface area contributed by atoms with Crippen molar-refractivity contribution in [2.75, 3.05) is 38.9 Å². The van der Waals surface area contributed by atoms with Crippen molar-refractivity contribution in [2.24, 2.45) is 0 Å². The third-order valence-corrected chi connectivity index (χ3v) is 5.57. The number of methoxy groups -OCH3 is 1. The summed E-state index contributed by atoms with van der Waals surface area (Å²) in [5.41, 5.74) is 2.02. The van der Waals surface area contributed by atoms with Gasteiger partial charge in [-0.15, -0.1) is 0 Å². The van der Waals surface area contributed by atoms with Crippen molar-refractivity contribution >= 4 is 40.9 Å². The third kappa shape index (κ3) is 8.72. The fourth-order valence-corrected chi connectivity index (χ4v) is 3.83. The molecule has 0 radical (unpaired) electrons. The van der Waals surface area contributed by atoms with E-state index in [1.807, 2.05) is 37.3 Å². The second-order valence-electron chi connectivity index (χ2n) is 7.79. The number of amides is 1. The molecule has 37 heavy (non-hydrogen) atoms. The minimum atomic E-state index is -0.566. The lowest BCUT2D eigenvalue weighted by Gasteiger charge is -2.12. The van der Waals surface area contributed by atoms with Gasteiger partial charge in [0.15, 0.2) is 5.75 Å². The number of benzene rings is 3. The van der Waals surface area contributed by atoms with Gasteiger partial charge in [0.1, 0.15) is 36.4 Å². The van der Waals surface area contributed by atoms with Crippen molar-refractivity contribution in [2.45, 2.75) is 6.92 Å². The molecule has 9 heteroatoms. The summed E-state index contributed by atoms with van der Waals surface area (Å²) >= 11 is 12.7. The van der Waals surface area contributed by atoms with Gasteiger partial charge in [0.2, 0.25) is 0 Å². The first-order chi connectivity index (χ1) is 17.9. The first-order valence-electron chi connectivity index (χ1n) is 11.4. The predicted octanol–water partition coefficient (Wildman–Crippen LogP) is 6.33. The highest BCUT2D eigenvalue weighted by Crippen LogP contribution is 2.35. The molecule has 0 saturated carbocycles. The smallest absolute Gasteiger partial charge is 0.266 e. The van der Waals surface area contributed by atoms with Gasteiger partial charge in [0.05, 0.1) is 30.4 Å². The van der Waals surface area contributed by atoms with Crippen molar-refractivity contribution < 1.29 is 23.7 Å². The van der Waals surface area contributed by atoms with Gasteiger partial charge >= 0.3 is 0 Å². The maximum absolute atomic E-state index is 12.5. The van der Waals surface area contributed by atoms with Crippen LogP contribution < -0.4 is 19.5 Å². The lowest BCUT2D eigenvalue weighted by molar-refractivity contribution is -0.112. The molecule has 0 saturated heterocycles. The molecule has 0 aliphatic carbocycles. The lowest BCUT2D eigenvalue weighted by atomic mass is 10.1. The molecule has 0 aliphatic rings. The zero-order valence-corrected chi connectivity index (χ0v) is 21.9. The average Bonchev–Trinajstić information content (AvgIpc) is 2.88. The standard InChI is InChI=1S/C28H26Cl2N2O5/c1-19-4-3-5-24(14-19)36-12-10-35-11-13-37-27-25(29)16-20(17-26(27)30)15-21(18-31)28(33)32-22-6-8-23(34-2)9-7-22/h3-9,14-17H,10-13H2,1-2H3,(H,32,33)/b21-15+. The number of aryl methyl sites for hydroxylation is 1. The van der Waals surface area contributed by atoms with Crippen LogP contribution in [0.3, 0.4) is 0 Å². The summed E-state index contributed by atoms with van der Waals surface area (Å²) in [5, 5.41) is 12.6. The Bertz CT molecular complexity index is 1260. The Hall–Kier alpha value is -3.70. The number of rotatable bonds is 12. The van der Waals surface area contributed by atoms with Crippen LogP contribution in [0.25, 0.3) is 6.08 Å². The van der Waals surface area contributed by atoms with Crippen molar-refractivity contribution in [3.05, 3.63) is 87.4 Å². The molecule has 1 amide bonds. The SMILES string of the molecule is COc1ccc(NC(=O)/C(C#N)=C/c2cc(Cl)c(OCCOCCOc3cccc(C)c3)c(Cl)c2)cc1. The molecule has 0 aromatic heterocycles. The van der Waals surface area contributed by atoms with Gasteiger partial charge in [-0.05, 0) is 72.7 Å². The van der Waals surface area contributed by atoms with Crippen LogP contribution in [0.2, 0.25) is 10.0 Å². The molecule has 7 nitrogen and oxygen atoms in total. The van der Waals surface area contributed by atoms with Crippen molar-refractivity contribution in [3.63, 3.8) is 0 Å². The molecule has 0 atom stereocenters. The number of nitrogens with one attached hydrogen (secondary N) is 1. The van der Waals surface area contributed by atoms with Gasteiger partial charge in [-0.1, -0.05) is 35.3 Å². The fourth-order valence-electron chi connectivity index (χ4n) is 3.22. The summed E-state index contributed by atoms with van der Waals surface area (Å²) in [7, 11) is 1.55. The minimum Gasteiger partial charge on any atom is -0.497 e. The lowest BCUT2D eigenvalue weighted by Crippen LogP contribution is -2.13. The number of nitrogens with zero attached hydrogens (tertiary/aromatic N) is 1. The number of carbonyl (C=O) groups excluding carboxylic acids is 1. The van der Waals surface area contributed by atoms with Gasteiger partial charge in [0.25, 0.3) is 5.91 Å². The van der Waals surface area contributed by atoms with Crippen LogP contribution in [0.4, 0.5) is 5.69 Å². The summed E-state index contributed by atoms with van der Waals surface area (Å²) in [4.78, 5) is 12.5. The van der Waals surface area contributed by atoms with E-state index in [-0.39, 0.29) is 22.2 Å². The first kappa shape index (κ1) is 27.9. The van der Waals surface area contributed by atoms with Gasteiger partial charge in [-0.25, -0.2) is 0 Å². The number of carbonyl (C=O) groups is 1. The Labute approximate surface area is 226 Å². The van der Waals surface area contributed by atoms with Gasteiger partial charge < -0.3 is 24.3 Å². The molecule has 3 aromatic carbocycles. The van der Waals surface area contributed by atoms with E-state index in [1.54, 1.807) is 43.5 Å². The molecule has 0 aliphatic heterocycles. The molecule has 1 N–H and O–H groups in total. The van der Waals surface area contributed by atoms with Crippen LogP contribution in [0, 0.1) is 18.3 Å². The third-order valence-electron chi connectivity index (χ3n) is 5.00. The topological polar surface area (TPSA) is 89.8 Å². The highest BCUT2D eigenvalue weighted by atomic mass is 35.5. The molecule has 0 spiro atoms. The number of anilines is 1. The van der Waals surface area contributed by atoms with Crippen LogP contribution in [-0.4, -0.2) is 39.4 Å². The summed E-state index contributed by atoms with van der Waals surface area (Å²) in [6.45, 7) is 3.36. The van der Waals surface area contributed by atoms with E-state index in [2.05, 4.69) is 5.32 Å². The molecule has 3 aromatic rings. The van der Waals surface area contributed by atoms with E-state index in [1.165, 1.54) is 6.08 Å². The summed E-state index contributed by atoms with van der Waals surface area (Å²) in [6.07, 6.45) is 1.40. The molecule has 192 valence electrons. The Morgan fingerprint density at radius 2 is 1.62 bits per heavy atom. The molecular weight excluding hydrogens is 515 g/mol.